The van der Waals surface area contributed by atoms with Crippen LogP contribution in [-0.4, -0.2) is 15.0 Å². The molecule has 0 N–H and O–H groups in total. The van der Waals surface area contributed by atoms with Crippen molar-refractivity contribution in [2.45, 2.75) is 70.1 Å². The summed E-state index contributed by atoms with van der Waals surface area (Å²) in [5.41, 5.74) is 1.79. The van der Waals surface area contributed by atoms with Gasteiger partial charge in [0.05, 0.1) is 0 Å². The first-order chi connectivity index (χ1) is 18.0. The second-order valence-electron chi connectivity index (χ2n) is 8.94. The van der Waals surface area contributed by atoms with Crippen LogP contribution in [0.5, 0.6) is 5.75 Å². The predicted octanol–water partition coefficient (Wildman–Crippen LogP) is 8.52. The second-order valence-corrected chi connectivity index (χ2v) is 14.7. The van der Waals surface area contributed by atoms with Crippen LogP contribution in [-0.2, 0) is 12.6 Å². The number of halogens is 1. The van der Waals surface area contributed by atoms with Crippen LogP contribution in [0.15, 0.2) is 83.8 Å². The quantitative estimate of drug-likeness (QED) is 0.102. The standard InChI is InChI=1S/C31H37IO4S/c1-3-4-5-6-7-8-9-13-26-35-30-20-18-28(19-21-30)24-25-32(29-14-11-10-12-15-29)36-37(33,34)31-22-16-27(2)17-23-31/h10-12,14-23H,3-9,13,26H2,1-2H3. The van der Waals surface area contributed by atoms with Gasteiger partial charge in [-0.3, -0.25) is 0 Å². The monoisotopic (exact) mass is 632 g/mol. The molecule has 3 aromatic carbocycles. The van der Waals surface area contributed by atoms with Gasteiger partial charge in [0.1, 0.15) is 0 Å². The van der Waals surface area contributed by atoms with E-state index in [1.54, 1.807) is 24.3 Å². The normalized spacial score (nSPS) is 11.5. The topological polar surface area (TPSA) is 52.6 Å². The average Bonchev–Trinajstić information content (AvgIpc) is 2.91. The van der Waals surface area contributed by atoms with E-state index in [2.05, 4.69) is 16.8 Å². The number of unbranched alkanes of at least 4 members (excludes halogenated alkanes) is 7. The third kappa shape index (κ3) is 10.5. The Labute approximate surface area is 230 Å². The van der Waals surface area contributed by atoms with E-state index in [1.165, 1.54) is 44.9 Å². The Bertz CT molecular complexity index is 1230. The fourth-order valence-corrected chi connectivity index (χ4v) is 9.30. The minimum absolute atomic E-state index is 0.149. The van der Waals surface area contributed by atoms with E-state index < -0.39 is 30.4 Å². The third-order valence-electron chi connectivity index (χ3n) is 5.79. The van der Waals surface area contributed by atoms with Crippen molar-refractivity contribution < 1.29 is 15.7 Å². The van der Waals surface area contributed by atoms with E-state index >= 15 is 0 Å². The van der Waals surface area contributed by atoms with Crippen molar-refractivity contribution in [1.82, 2.24) is 0 Å². The van der Waals surface area contributed by atoms with E-state index in [0.717, 1.165) is 26.9 Å². The molecule has 0 bridgehead atoms. The Balaban J connectivity index is 1.57. The van der Waals surface area contributed by atoms with E-state index in [4.69, 9.17) is 7.25 Å². The molecule has 6 heteroatoms. The summed E-state index contributed by atoms with van der Waals surface area (Å²) in [7, 11) is -3.91. The fraction of sp³-hybridized carbons (Fsp3) is 0.355. The zero-order valence-electron chi connectivity index (χ0n) is 21.8. The molecule has 37 heavy (non-hydrogen) atoms. The Hall–Kier alpha value is -2.34. The molecule has 3 aromatic rings. The number of hydrogen-bond acceptors (Lipinski definition) is 4. The minimum atomic E-state index is -3.91. The first kappa shape index (κ1) is 29.2. The van der Waals surface area contributed by atoms with Gasteiger partial charge in [-0.05, 0) is 0 Å². The summed E-state index contributed by atoms with van der Waals surface area (Å²) in [5, 5.41) is 0. The van der Waals surface area contributed by atoms with Crippen LogP contribution in [0.2, 0.25) is 0 Å². The molecule has 0 saturated heterocycles. The van der Waals surface area contributed by atoms with Gasteiger partial charge >= 0.3 is 199 Å². The van der Waals surface area contributed by atoms with Gasteiger partial charge in [-0.2, -0.15) is 0 Å². The number of aryl methyl sites for hydroxylation is 1. The van der Waals surface area contributed by atoms with Crippen molar-refractivity contribution in [1.29, 1.82) is 0 Å². The molecule has 0 heterocycles. The van der Waals surface area contributed by atoms with Crippen molar-refractivity contribution in [2.24, 2.45) is 0 Å². The van der Waals surface area contributed by atoms with Crippen LogP contribution in [0.25, 0.3) is 0 Å². The number of ether oxygens (including phenoxy) is 1. The summed E-state index contributed by atoms with van der Waals surface area (Å²) in [6, 6.07) is 23.7. The summed E-state index contributed by atoms with van der Waals surface area (Å²) in [4.78, 5) is 0.149. The van der Waals surface area contributed by atoms with Gasteiger partial charge in [0.25, 0.3) is 0 Å². The van der Waals surface area contributed by atoms with Crippen LogP contribution in [0.4, 0.5) is 0 Å². The van der Waals surface area contributed by atoms with Crippen LogP contribution in [0.3, 0.4) is 0 Å². The van der Waals surface area contributed by atoms with Gasteiger partial charge in [-0.25, -0.2) is 0 Å². The fourth-order valence-electron chi connectivity index (χ4n) is 3.62. The van der Waals surface area contributed by atoms with Crippen molar-refractivity contribution >= 4 is 30.4 Å². The Morgan fingerprint density at radius 1 is 0.757 bits per heavy atom. The molecule has 198 valence electrons. The zero-order chi connectivity index (χ0) is 26.3. The van der Waals surface area contributed by atoms with E-state index in [9.17, 15) is 8.42 Å². The summed E-state index contributed by atoms with van der Waals surface area (Å²) in [6.45, 7) is 4.88. The molecule has 0 saturated carbocycles. The van der Waals surface area contributed by atoms with Crippen molar-refractivity contribution in [3.63, 3.8) is 0 Å². The molecule has 0 aliphatic rings. The summed E-state index contributed by atoms with van der Waals surface area (Å²) >= 11 is -2.82. The third-order valence-corrected chi connectivity index (χ3v) is 12.0. The number of rotatable bonds is 14. The number of hydrogen-bond donors (Lipinski definition) is 0. The van der Waals surface area contributed by atoms with Gasteiger partial charge < -0.3 is 0 Å². The Morgan fingerprint density at radius 2 is 1.38 bits per heavy atom. The average molecular weight is 633 g/mol. The SMILES string of the molecule is CCCCCCCCCCOc1ccc(C#CI(OS(=O)(=O)c2ccc(C)cc2)c2ccccc2)cc1. The molecule has 0 fully saturated rings. The molecule has 0 radical (unpaired) electrons. The van der Waals surface area contributed by atoms with Gasteiger partial charge in [-0.15, -0.1) is 0 Å². The first-order valence-electron chi connectivity index (χ1n) is 13.0. The zero-order valence-corrected chi connectivity index (χ0v) is 24.8. The van der Waals surface area contributed by atoms with E-state index in [0.29, 0.717) is 6.61 Å². The molecular formula is C31H37IO4S. The molecule has 0 aromatic heterocycles. The summed E-state index contributed by atoms with van der Waals surface area (Å²) in [6.07, 6.45) is 10.2. The molecule has 3 rings (SSSR count). The maximum atomic E-state index is 12.9. The number of benzene rings is 3. The summed E-state index contributed by atoms with van der Waals surface area (Å²) < 4.78 is 41.5. The van der Waals surface area contributed by atoms with Crippen molar-refractivity contribution in [3.8, 4) is 15.6 Å². The van der Waals surface area contributed by atoms with Crippen LogP contribution >= 0.6 is 20.2 Å². The Kier molecular flexibility index (Phi) is 12.5. The van der Waals surface area contributed by atoms with Crippen LogP contribution in [0.1, 0.15) is 69.4 Å². The van der Waals surface area contributed by atoms with Crippen molar-refractivity contribution in [2.75, 3.05) is 6.61 Å². The molecule has 0 aliphatic heterocycles. The molecule has 4 nitrogen and oxygen atoms in total. The van der Waals surface area contributed by atoms with Crippen LogP contribution < -0.4 is 4.74 Å². The Morgan fingerprint density at radius 3 is 2.03 bits per heavy atom. The molecule has 0 atom stereocenters. The molecule has 0 unspecified atom stereocenters. The summed E-state index contributed by atoms with van der Waals surface area (Å²) in [5.74, 6) is 3.96. The first-order valence-corrected chi connectivity index (χ1v) is 17.4. The molecular weight excluding hydrogens is 595 g/mol. The van der Waals surface area contributed by atoms with E-state index in [-0.39, 0.29) is 4.90 Å². The molecule has 0 amide bonds. The maximum absolute atomic E-state index is 12.9. The van der Waals surface area contributed by atoms with Gasteiger partial charge in [-0.1, -0.05) is 32.6 Å². The van der Waals surface area contributed by atoms with Crippen molar-refractivity contribution in [3.05, 3.63) is 93.6 Å². The molecule has 0 spiro atoms. The predicted molar refractivity (Wildman–Crippen MR) is 160 cm³/mol. The van der Waals surface area contributed by atoms with Gasteiger partial charge in [0.15, 0.2) is 0 Å². The van der Waals surface area contributed by atoms with Gasteiger partial charge in [0, 0.05) is 0 Å². The van der Waals surface area contributed by atoms with E-state index in [1.807, 2.05) is 61.5 Å². The molecule has 0 aliphatic carbocycles. The van der Waals surface area contributed by atoms with Crippen LogP contribution in [0, 0.1) is 20.3 Å². The van der Waals surface area contributed by atoms with Gasteiger partial charge in [0.2, 0.25) is 0 Å². The second kappa shape index (κ2) is 15.8.